The van der Waals surface area contributed by atoms with Gasteiger partial charge in [-0.1, -0.05) is 0 Å². The zero-order valence-corrected chi connectivity index (χ0v) is 5.91. The van der Waals surface area contributed by atoms with Gasteiger partial charge < -0.3 is 5.73 Å². The molecule has 1 amide bonds. The van der Waals surface area contributed by atoms with Crippen LogP contribution in [0.1, 0.15) is 0 Å². The van der Waals surface area contributed by atoms with Crippen molar-refractivity contribution in [2.75, 3.05) is 5.88 Å². The highest BCUT2D eigenvalue weighted by atomic mass is 35.5. The number of nitrogens with one attached hydrogen (secondary N) is 1. The fraction of sp³-hybridized carbons (Fsp3) is 0.333. The van der Waals surface area contributed by atoms with Crippen LogP contribution in [0, 0.1) is 5.41 Å². The van der Waals surface area contributed by atoms with Crippen LogP contribution in [0.3, 0.4) is 0 Å². The maximum Gasteiger partial charge on any atom is 0.259 e. The Labute approximate surface area is 62.1 Å². The molecule has 0 aromatic heterocycles. The summed E-state index contributed by atoms with van der Waals surface area (Å²) in [6.07, 6.45) is 0. The van der Waals surface area contributed by atoms with Crippen molar-refractivity contribution in [3.8, 4) is 0 Å². The molecule has 0 fully saturated rings. The molecule has 0 rings (SSSR count). The van der Waals surface area contributed by atoms with Crippen LogP contribution < -0.4 is 5.73 Å². The van der Waals surface area contributed by atoms with Gasteiger partial charge in [-0.05, 0) is 0 Å². The van der Waals surface area contributed by atoms with Gasteiger partial charge >= 0.3 is 0 Å². The first kappa shape index (κ1) is 8.52. The lowest BCUT2D eigenvalue weighted by Gasteiger charge is -2.07. The summed E-state index contributed by atoms with van der Waals surface area (Å²) >= 11 is 10.2. The van der Waals surface area contributed by atoms with E-state index in [4.69, 9.17) is 34.5 Å². The lowest BCUT2D eigenvalue weighted by molar-refractivity contribution is -0.121. The van der Waals surface area contributed by atoms with Crippen molar-refractivity contribution >= 4 is 35.2 Å². The molecule has 0 aliphatic carbocycles. The molecule has 0 heterocycles. The molecule has 0 bridgehead atoms. The SMILES string of the molecule is N=C(N)N(Cl)C(=O)CCl. The molecule has 0 aromatic rings. The largest absolute Gasteiger partial charge is 0.369 e. The first-order valence-corrected chi connectivity index (χ1v) is 2.85. The Kier molecular flexibility index (Phi) is 3.34. The third kappa shape index (κ3) is 2.53. The Morgan fingerprint density at radius 3 is 2.33 bits per heavy atom. The minimum absolute atomic E-state index is 0.275. The first-order chi connectivity index (χ1) is 4.09. The van der Waals surface area contributed by atoms with E-state index in [1.807, 2.05) is 0 Å². The maximum absolute atomic E-state index is 10.4. The molecule has 0 aromatic carbocycles. The van der Waals surface area contributed by atoms with Gasteiger partial charge in [0.2, 0.25) is 5.96 Å². The molecular formula is C3H5Cl2N3O. The third-order valence-electron chi connectivity index (χ3n) is 0.545. The predicted molar refractivity (Wildman–Crippen MR) is 35.3 cm³/mol. The maximum atomic E-state index is 10.4. The van der Waals surface area contributed by atoms with Crippen LogP contribution in [-0.4, -0.2) is 22.2 Å². The van der Waals surface area contributed by atoms with Crippen LogP contribution in [0.2, 0.25) is 0 Å². The number of nitrogens with zero attached hydrogens (tertiary/aromatic N) is 1. The normalized spacial score (nSPS) is 8.67. The summed E-state index contributed by atoms with van der Waals surface area (Å²) in [7, 11) is 0. The third-order valence-corrected chi connectivity index (χ3v) is 1.14. The molecule has 52 valence electrons. The van der Waals surface area contributed by atoms with Crippen LogP contribution in [0.5, 0.6) is 0 Å². The van der Waals surface area contributed by atoms with E-state index in [0.717, 1.165) is 0 Å². The molecule has 0 atom stereocenters. The van der Waals surface area contributed by atoms with Crippen LogP contribution in [0.25, 0.3) is 0 Å². The van der Waals surface area contributed by atoms with Gasteiger partial charge in [0.15, 0.2) is 0 Å². The van der Waals surface area contributed by atoms with Crippen LogP contribution in [0.15, 0.2) is 0 Å². The van der Waals surface area contributed by atoms with Crippen molar-refractivity contribution < 1.29 is 4.79 Å². The summed E-state index contributed by atoms with van der Waals surface area (Å²) in [6.45, 7) is 0. The van der Waals surface area contributed by atoms with Crippen molar-refractivity contribution in [2.24, 2.45) is 5.73 Å². The van der Waals surface area contributed by atoms with Crippen molar-refractivity contribution in [3.05, 3.63) is 0 Å². The van der Waals surface area contributed by atoms with Crippen molar-refractivity contribution in [2.45, 2.75) is 0 Å². The standard InChI is InChI=1S/C3H5Cl2N3O/c4-1-2(9)8(5)3(6)7/h1H2,(H3,6,7). The number of alkyl halides is 1. The summed E-state index contributed by atoms with van der Waals surface area (Å²) in [5.74, 6) is -1.41. The van der Waals surface area contributed by atoms with E-state index in [1.54, 1.807) is 0 Å². The second-order valence-electron chi connectivity index (χ2n) is 1.19. The molecule has 0 aliphatic rings. The number of hydrogen-bond acceptors (Lipinski definition) is 2. The van der Waals surface area contributed by atoms with Gasteiger partial charge in [-0.2, -0.15) is 4.42 Å². The number of nitrogens with two attached hydrogens (primary N) is 1. The highest BCUT2D eigenvalue weighted by Gasteiger charge is 2.10. The molecule has 9 heavy (non-hydrogen) atoms. The average molecular weight is 170 g/mol. The van der Waals surface area contributed by atoms with Crippen molar-refractivity contribution in [1.82, 2.24) is 4.42 Å². The average Bonchev–Trinajstić information content (AvgIpc) is 1.84. The molecule has 3 N–H and O–H groups in total. The summed E-state index contributed by atoms with van der Waals surface area (Å²) in [5.41, 5.74) is 4.81. The lowest BCUT2D eigenvalue weighted by atomic mass is 10.7. The Hall–Kier alpha value is -0.480. The van der Waals surface area contributed by atoms with Gasteiger partial charge in [-0.25, -0.2) is 0 Å². The first-order valence-electron chi connectivity index (χ1n) is 1.98. The Morgan fingerprint density at radius 1 is 1.78 bits per heavy atom. The topological polar surface area (TPSA) is 70.2 Å². The fourth-order valence-electron chi connectivity index (χ4n) is 0.187. The molecule has 0 unspecified atom stereocenters. The lowest BCUT2D eigenvalue weighted by Crippen LogP contribution is -2.34. The second-order valence-corrected chi connectivity index (χ2v) is 1.80. The number of amides is 1. The van der Waals surface area contributed by atoms with E-state index in [0.29, 0.717) is 4.42 Å². The number of guanidine groups is 1. The number of carbonyl (C=O) groups is 1. The highest BCUT2D eigenvalue weighted by molar-refractivity contribution is 6.36. The van der Waals surface area contributed by atoms with Gasteiger partial charge in [0, 0.05) is 11.8 Å². The van der Waals surface area contributed by atoms with Gasteiger partial charge in [0.05, 0.1) is 0 Å². The smallest absolute Gasteiger partial charge is 0.259 e. The quantitative estimate of drug-likeness (QED) is 0.253. The van der Waals surface area contributed by atoms with Gasteiger partial charge in [0.1, 0.15) is 5.88 Å². The zero-order valence-electron chi connectivity index (χ0n) is 4.40. The summed E-state index contributed by atoms with van der Waals surface area (Å²) in [4.78, 5) is 10.4. The minimum Gasteiger partial charge on any atom is -0.369 e. The van der Waals surface area contributed by atoms with Gasteiger partial charge in [0.25, 0.3) is 5.91 Å². The fourth-order valence-corrected chi connectivity index (χ4v) is 0.427. The molecular weight excluding hydrogens is 165 g/mol. The number of rotatable bonds is 1. The second kappa shape index (κ2) is 3.53. The van der Waals surface area contributed by atoms with Gasteiger partial charge in [-0.3, -0.25) is 10.2 Å². The summed E-state index contributed by atoms with van der Waals surface area (Å²) < 4.78 is 0.451. The number of halogens is 2. The van der Waals surface area contributed by atoms with Crippen LogP contribution in [0.4, 0.5) is 0 Å². The molecule has 0 saturated heterocycles. The Bertz CT molecular complexity index is 137. The molecule has 0 saturated carbocycles. The van der Waals surface area contributed by atoms with Crippen molar-refractivity contribution in [1.29, 1.82) is 5.41 Å². The highest BCUT2D eigenvalue weighted by Crippen LogP contribution is 1.94. The molecule has 0 aliphatic heterocycles. The number of hydrogen-bond donors (Lipinski definition) is 2. The molecule has 0 radical (unpaired) electrons. The Balaban J connectivity index is 3.88. The Morgan fingerprint density at radius 2 is 2.22 bits per heavy atom. The predicted octanol–water partition coefficient (Wildman–Crippen LogP) is 0.101. The van der Waals surface area contributed by atoms with Crippen LogP contribution in [-0.2, 0) is 4.79 Å². The van der Waals surface area contributed by atoms with E-state index in [1.165, 1.54) is 0 Å². The molecule has 4 nitrogen and oxygen atoms in total. The van der Waals surface area contributed by atoms with E-state index < -0.39 is 11.9 Å². The summed E-state index contributed by atoms with van der Waals surface area (Å²) in [5, 5.41) is 6.63. The zero-order chi connectivity index (χ0) is 7.44. The summed E-state index contributed by atoms with van der Waals surface area (Å²) in [6, 6.07) is 0. The molecule has 0 spiro atoms. The number of carbonyl (C=O) groups excluding carboxylic acids is 1. The van der Waals surface area contributed by atoms with E-state index in [2.05, 4.69) is 0 Å². The van der Waals surface area contributed by atoms with E-state index in [9.17, 15) is 4.79 Å². The van der Waals surface area contributed by atoms with Crippen molar-refractivity contribution in [3.63, 3.8) is 0 Å². The van der Waals surface area contributed by atoms with E-state index in [-0.39, 0.29) is 5.88 Å². The van der Waals surface area contributed by atoms with Crippen LogP contribution >= 0.6 is 23.4 Å². The van der Waals surface area contributed by atoms with Gasteiger partial charge in [-0.15, -0.1) is 11.6 Å². The minimum atomic E-state index is -0.606. The van der Waals surface area contributed by atoms with E-state index >= 15 is 0 Å². The monoisotopic (exact) mass is 169 g/mol. The molecule has 6 heteroatoms.